The maximum Gasteiger partial charge on any atom is 0.153 e. The van der Waals surface area contributed by atoms with Crippen LogP contribution in [0.1, 0.15) is 35.4 Å². The molecule has 0 spiro atoms. The highest BCUT2D eigenvalue weighted by Gasteiger charge is 2.50. The van der Waals surface area contributed by atoms with Crippen molar-refractivity contribution in [1.82, 2.24) is 20.1 Å². The molecule has 0 amide bonds. The number of hydrogen-bond acceptors (Lipinski definition) is 3. The van der Waals surface area contributed by atoms with E-state index >= 15 is 0 Å². The largest absolute Gasteiger partial charge is 0.312 e. The van der Waals surface area contributed by atoms with Crippen molar-refractivity contribution in [1.29, 1.82) is 0 Å². The maximum atomic E-state index is 5.09. The fraction of sp³-hybridized carbons (Fsp3) is 0.300. The third-order valence-electron chi connectivity index (χ3n) is 5.33. The van der Waals surface area contributed by atoms with Crippen molar-refractivity contribution in [2.75, 3.05) is 6.54 Å². The summed E-state index contributed by atoms with van der Waals surface area (Å²) in [6.07, 6.45) is 5.21. The van der Waals surface area contributed by atoms with E-state index in [1.165, 1.54) is 35.4 Å². The number of fused-ring (bicyclic) bond motifs is 1. The minimum absolute atomic E-state index is 0.102. The summed E-state index contributed by atoms with van der Waals surface area (Å²) in [4.78, 5) is 4.53. The first-order valence-electron chi connectivity index (χ1n) is 8.67. The van der Waals surface area contributed by atoms with Crippen molar-refractivity contribution in [3.05, 3.63) is 77.2 Å². The topological polar surface area (TPSA) is 42.7 Å². The number of benzene rings is 1. The number of pyridine rings is 1. The standard InChI is InChI=1S/C20H20N4/c1-2-6-15(7-3-1)20(10-11-20)19-16-14-21-13-9-17(16)24(23-19)18-8-4-5-12-22-18/h1-8,12,21H,9-11,13-14H2. The van der Waals surface area contributed by atoms with Gasteiger partial charge < -0.3 is 5.32 Å². The van der Waals surface area contributed by atoms with Crippen LogP contribution in [-0.4, -0.2) is 21.3 Å². The van der Waals surface area contributed by atoms with Gasteiger partial charge in [0.15, 0.2) is 5.82 Å². The summed E-state index contributed by atoms with van der Waals surface area (Å²) in [5, 5.41) is 8.61. The molecular formula is C20H20N4. The predicted molar refractivity (Wildman–Crippen MR) is 93.2 cm³/mol. The van der Waals surface area contributed by atoms with E-state index in [1.807, 2.05) is 24.4 Å². The molecule has 4 heteroatoms. The van der Waals surface area contributed by atoms with E-state index in [4.69, 9.17) is 5.10 Å². The second-order valence-electron chi connectivity index (χ2n) is 6.75. The van der Waals surface area contributed by atoms with Crippen LogP contribution in [0.3, 0.4) is 0 Å². The van der Waals surface area contributed by atoms with E-state index in [1.54, 1.807) is 0 Å². The lowest BCUT2D eigenvalue weighted by atomic mass is 9.88. The Morgan fingerprint density at radius 1 is 1.00 bits per heavy atom. The number of nitrogens with zero attached hydrogens (tertiary/aromatic N) is 3. The molecule has 0 radical (unpaired) electrons. The molecule has 3 heterocycles. The van der Waals surface area contributed by atoms with Crippen molar-refractivity contribution in [2.24, 2.45) is 0 Å². The van der Waals surface area contributed by atoms with Crippen LogP contribution in [0.25, 0.3) is 5.82 Å². The van der Waals surface area contributed by atoms with Crippen molar-refractivity contribution in [2.45, 2.75) is 31.2 Å². The highest BCUT2D eigenvalue weighted by molar-refractivity contribution is 5.48. The SMILES string of the molecule is c1ccc(C2(c3nn(-c4ccccn4)c4c3CNCC4)CC2)cc1. The summed E-state index contributed by atoms with van der Waals surface area (Å²) in [5.74, 6) is 0.922. The van der Waals surface area contributed by atoms with Crippen molar-refractivity contribution >= 4 is 0 Å². The molecule has 0 unspecified atom stereocenters. The number of hydrogen-bond donors (Lipinski definition) is 1. The molecule has 1 aliphatic carbocycles. The van der Waals surface area contributed by atoms with Gasteiger partial charge in [0, 0.05) is 36.7 Å². The van der Waals surface area contributed by atoms with Crippen molar-refractivity contribution in [3.8, 4) is 5.82 Å². The van der Waals surface area contributed by atoms with E-state index < -0.39 is 0 Å². The van der Waals surface area contributed by atoms with E-state index in [9.17, 15) is 0 Å². The maximum absolute atomic E-state index is 5.09. The molecule has 1 aromatic carbocycles. The Kier molecular flexibility index (Phi) is 3.06. The Labute approximate surface area is 141 Å². The molecule has 3 aromatic rings. The number of aromatic nitrogens is 3. The van der Waals surface area contributed by atoms with Crippen LogP contribution >= 0.6 is 0 Å². The zero-order chi connectivity index (χ0) is 16.0. The Morgan fingerprint density at radius 3 is 2.58 bits per heavy atom. The lowest BCUT2D eigenvalue weighted by Crippen LogP contribution is -2.26. The Hall–Kier alpha value is -2.46. The van der Waals surface area contributed by atoms with Gasteiger partial charge in [0.05, 0.1) is 11.4 Å². The summed E-state index contributed by atoms with van der Waals surface area (Å²) >= 11 is 0. The molecule has 2 aliphatic rings. The van der Waals surface area contributed by atoms with Crippen LogP contribution in [0.15, 0.2) is 54.7 Å². The molecule has 0 bridgehead atoms. The molecule has 0 saturated heterocycles. The third-order valence-corrected chi connectivity index (χ3v) is 5.33. The second-order valence-corrected chi connectivity index (χ2v) is 6.75. The zero-order valence-electron chi connectivity index (χ0n) is 13.6. The van der Waals surface area contributed by atoms with Gasteiger partial charge in [-0.15, -0.1) is 0 Å². The normalized spacial score (nSPS) is 18.2. The quantitative estimate of drug-likeness (QED) is 0.808. The second kappa shape index (κ2) is 5.28. The van der Waals surface area contributed by atoms with Gasteiger partial charge in [0.1, 0.15) is 0 Å². The third kappa shape index (κ3) is 2.03. The Balaban J connectivity index is 1.69. The van der Waals surface area contributed by atoms with Gasteiger partial charge in [-0.2, -0.15) is 5.10 Å². The number of rotatable bonds is 3. The molecule has 1 saturated carbocycles. The highest BCUT2D eigenvalue weighted by atomic mass is 15.3. The summed E-state index contributed by atoms with van der Waals surface area (Å²) in [6.45, 7) is 1.91. The Bertz CT molecular complexity index is 863. The summed E-state index contributed by atoms with van der Waals surface area (Å²) in [7, 11) is 0. The van der Waals surface area contributed by atoms with E-state index in [0.717, 1.165) is 25.3 Å². The van der Waals surface area contributed by atoms with Crippen molar-refractivity contribution in [3.63, 3.8) is 0 Å². The van der Waals surface area contributed by atoms with Gasteiger partial charge in [-0.3, -0.25) is 0 Å². The molecule has 5 rings (SSSR count). The average Bonchev–Trinajstić information content (AvgIpc) is 3.38. The molecular weight excluding hydrogens is 296 g/mol. The smallest absolute Gasteiger partial charge is 0.153 e. The minimum Gasteiger partial charge on any atom is -0.312 e. The van der Waals surface area contributed by atoms with E-state index in [0.29, 0.717) is 0 Å². The summed E-state index contributed by atoms with van der Waals surface area (Å²) in [5.41, 5.74) is 5.45. The van der Waals surface area contributed by atoms with Gasteiger partial charge in [-0.1, -0.05) is 36.4 Å². The lowest BCUT2D eigenvalue weighted by Gasteiger charge is -2.18. The number of nitrogens with one attached hydrogen (secondary N) is 1. The lowest BCUT2D eigenvalue weighted by molar-refractivity contribution is 0.618. The van der Waals surface area contributed by atoms with Gasteiger partial charge in [-0.25, -0.2) is 9.67 Å². The monoisotopic (exact) mass is 316 g/mol. The van der Waals surface area contributed by atoms with Gasteiger partial charge in [-0.05, 0) is 30.5 Å². The molecule has 1 aliphatic heterocycles. The first-order valence-corrected chi connectivity index (χ1v) is 8.67. The van der Waals surface area contributed by atoms with Crippen LogP contribution in [0.5, 0.6) is 0 Å². The van der Waals surface area contributed by atoms with E-state index in [2.05, 4.69) is 45.3 Å². The zero-order valence-corrected chi connectivity index (χ0v) is 13.6. The molecule has 120 valence electrons. The van der Waals surface area contributed by atoms with Gasteiger partial charge in [0.25, 0.3) is 0 Å². The van der Waals surface area contributed by atoms with E-state index in [-0.39, 0.29) is 5.41 Å². The van der Waals surface area contributed by atoms with Crippen LogP contribution in [-0.2, 0) is 18.4 Å². The van der Waals surface area contributed by atoms with Gasteiger partial charge >= 0.3 is 0 Å². The van der Waals surface area contributed by atoms with Crippen LogP contribution in [0.4, 0.5) is 0 Å². The average molecular weight is 316 g/mol. The summed E-state index contributed by atoms with van der Waals surface area (Å²) < 4.78 is 2.08. The molecule has 4 nitrogen and oxygen atoms in total. The van der Waals surface area contributed by atoms with Crippen LogP contribution < -0.4 is 5.32 Å². The van der Waals surface area contributed by atoms with Crippen LogP contribution in [0.2, 0.25) is 0 Å². The first-order chi connectivity index (χ1) is 11.9. The molecule has 24 heavy (non-hydrogen) atoms. The van der Waals surface area contributed by atoms with Gasteiger partial charge in [0.2, 0.25) is 0 Å². The first kappa shape index (κ1) is 13.9. The predicted octanol–water partition coefficient (Wildman–Crippen LogP) is 2.99. The molecule has 0 atom stereocenters. The highest BCUT2D eigenvalue weighted by Crippen LogP contribution is 2.54. The minimum atomic E-state index is 0.102. The molecule has 2 aromatic heterocycles. The fourth-order valence-corrected chi connectivity index (χ4v) is 3.95. The van der Waals surface area contributed by atoms with Crippen molar-refractivity contribution < 1.29 is 0 Å². The molecule has 1 fully saturated rings. The fourth-order valence-electron chi connectivity index (χ4n) is 3.95. The van der Waals surface area contributed by atoms with Crippen LogP contribution in [0, 0.1) is 0 Å². The Morgan fingerprint density at radius 2 is 1.83 bits per heavy atom. The molecule has 1 N–H and O–H groups in total. The summed E-state index contributed by atoms with van der Waals surface area (Å²) in [6, 6.07) is 16.9.